The highest BCUT2D eigenvalue weighted by Crippen LogP contribution is 2.29. The van der Waals surface area contributed by atoms with E-state index in [4.69, 9.17) is 28.3 Å². The van der Waals surface area contributed by atoms with Crippen molar-refractivity contribution in [2.75, 3.05) is 25.0 Å². The van der Waals surface area contributed by atoms with Crippen LogP contribution in [0.25, 0.3) is 0 Å². The van der Waals surface area contributed by atoms with Crippen LogP contribution in [0.15, 0.2) is 18.2 Å². The summed E-state index contributed by atoms with van der Waals surface area (Å²) in [5, 5.41) is 15.5. The maximum absolute atomic E-state index is 11.8. The van der Waals surface area contributed by atoms with Crippen LogP contribution < -0.4 is 10.6 Å². The fourth-order valence-electron chi connectivity index (χ4n) is 1.71. The maximum atomic E-state index is 11.8. The summed E-state index contributed by atoms with van der Waals surface area (Å²) in [7, 11) is 0. The highest BCUT2D eigenvalue weighted by atomic mass is 35.5. The van der Waals surface area contributed by atoms with Crippen molar-refractivity contribution in [3.63, 3.8) is 0 Å². The van der Waals surface area contributed by atoms with Crippen molar-refractivity contribution < 1.29 is 9.90 Å². The lowest BCUT2D eigenvalue weighted by Gasteiger charge is -2.23. The molecule has 0 aliphatic heterocycles. The summed E-state index contributed by atoms with van der Waals surface area (Å²) < 4.78 is 0. The van der Waals surface area contributed by atoms with E-state index in [-0.39, 0.29) is 24.5 Å². The van der Waals surface area contributed by atoms with E-state index in [2.05, 4.69) is 10.6 Å². The van der Waals surface area contributed by atoms with Crippen molar-refractivity contribution in [2.24, 2.45) is 5.41 Å². The summed E-state index contributed by atoms with van der Waals surface area (Å²) >= 11 is 11.9. The minimum Gasteiger partial charge on any atom is -0.396 e. The van der Waals surface area contributed by atoms with Gasteiger partial charge in [0.1, 0.15) is 0 Å². The highest BCUT2D eigenvalue weighted by Gasteiger charge is 2.17. The van der Waals surface area contributed by atoms with Crippen molar-refractivity contribution in [1.29, 1.82) is 0 Å². The average molecular weight is 319 g/mol. The van der Waals surface area contributed by atoms with Crippen LogP contribution in [0.4, 0.5) is 5.69 Å². The molecule has 0 aromatic heterocycles. The van der Waals surface area contributed by atoms with Gasteiger partial charge in [-0.1, -0.05) is 43.1 Å². The van der Waals surface area contributed by atoms with Crippen LogP contribution in [0.2, 0.25) is 10.0 Å². The Labute approximate surface area is 129 Å². The Morgan fingerprint density at radius 2 is 1.90 bits per heavy atom. The maximum Gasteiger partial charge on any atom is 0.238 e. The molecule has 0 heterocycles. The molecule has 0 aliphatic rings. The highest BCUT2D eigenvalue weighted by molar-refractivity contribution is 6.39. The first kappa shape index (κ1) is 17.2. The van der Waals surface area contributed by atoms with Gasteiger partial charge < -0.3 is 15.7 Å². The number of para-hydroxylation sites is 1. The summed E-state index contributed by atoms with van der Waals surface area (Å²) in [6.45, 7) is 4.99. The van der Waals surface area contributed by atoms with Gasteiger partial charge in [-0.15, -0.1) is 0 Å². The number of hydrogen-bond acceptors (Lipinski definition) is 3. The molecule has 0 atom stereocenters. The zero-order valence-electron chi connectivity index (χ0n) is 11.7. The molecule has 0 saturated heterocycles. The number of aliphatic hydroxyl groups excluding tert-OH is 1. The number of anilines is 1. The van der Waals surface area contributed by atoms with E-state index >= 15 is 0 Å². The van der Waals surface area contributed by atoms with Gasteiger partial charge in [-0.2, -0.15) is 0 Å². The number of aliphatic hydroxyl groups is 1. The Bertz CT molecular complexity index is 444. The number of nitrogens with one attached hydrogen (secondary N) is 2. The van der Waals surface area contributed by atoms with Crippen molar-refractivity contribution >= 4 is 34.8 Å². The predicted molar refractivity (Wildman–Crippen MR) is 83.4 cm³/mol. The molecule has 0 radical (unpaired) electrons. The van der Waals surface area contributed by atoms with Gasteiger partial charge in [0.15, 0.2) is 0 Å². The van der Waals surface area contributed by atoms with Crippen LogP contribution in [-0.4, -0.2) is 30.7 Å². The first-order valence-corrected chi connectivity index (χ1v) is 7.17. The molecule has 0 saturated carbocycles. The number of carbonyl (C=O) groups is 1. The zero-order valence-corrected chi connectivity index (χ0v) is 13.2. The van der Waals surface area contributed by atoms with Crippen LogP contribution in [0, 0.1) is 5.41 Å². The largest absolute Gasteiger partial charge is 0.396 e. The first-order valence-electron chi connectivity index (χ1n) is 6.41. The second-order valence-corrected chi connectivity index (χ2v) is 6.20. The fraction of sp³-hybridized carbons (Fsp3) is 0.500. The van der Waals surface area contributed by atoms with E-state index in [1.165, 1.54) is 0 Å². The standard InChI is InChI=1S/C14H20Cl2N2O2/c1-14(2,6-7-19)9-17-8-12(20)18-13-10(15)4-3-5-11(13)16/h3-5,17,19H,6-9H2,1-2H3,(H,18,20). The van der Waals surface area contributed by atoms with Gasteiger partial charge in [0.25, 0.3) is 0 Å². The Kier molecular flexibility index (Phi) is 6.76. The number of carbonyl (C=O) groups excluding carboxylic acids is 1. The minimum atomic E-state index is -0.209. The van der Waals surface area contributed by atoms with Gasteiger partial charge in [-0.05, 0) is 24.0 Å². The molecule has 0 unspecified atom stereocenters. The Hall–Kier alpha value is -0.810. The third-order valence-corrected chi connectivity index (χ3v) is 3.53. The summed E-state index contributed by atoms with van der Waals surface area (Å²) in [6.07, 6.45) is 0.679. The number of hydrogen-bond donors (Lipinski definition) is 3. The SMILES string of the molecule is CC(C)(CCO)CNCC(=O)Nc1c(Cl)cccc1Cl. The summed E-state index contributed by atoms with van der Waals surface area (Å²) in [4.78, 5) is 11.8. The van der Waals surface area contributed by atoms with Crippen molar-refractivity contribution in [2.45, 2.75) is 20.3 Å². The van der Waals surface area contributed by atoms with Gasteiger partial charge in [-0.3, -0.25) is 4.79 Å². The Balaban J connectivity index is 2.45. The number of halogens is 2. The second kappa shape index (κ2) is 7.84. The molecule has 3 N–H and O–H groups in total. The predicted octanol–water partition coefficient (Wildman–Crippen LogP) is 2.93. The molecule has 0 fully saturated rings. The molecule has 6 heteroatoms. The molecular formula is C14H20Cl2N2O2. The molecular weight excluding hydrogens is 299 g/mol. The van der Waals surface area contributed by atoms with Crippen molar-refractivity contribution in [1.82, 2.24) is 5.32 Å². The Morgan fingerprint density at radius 1 is 1.30 bits per heavy atom. The smallest absolute Gasteiger partial charge is 0.238 e. The van der Waals surface area contributed by atoms with E-state index in [1.807, 2.05) is 13.8 Å². The fourth-order valence-corrected chi connectivity index (χ4v) is 2.20. The third-order valence-electron chi connectivity index (χ3n) is 2.90. The quantitative estimate of drug-likeness (QED) is 0.724. The number of benzene rings is 1. The third kappa shape index (κ3) is 5.67. The lowest BCUT2D eigenvalue weighted by molar-refractivity contribution is -0.115. The van der Waals surface area contributed by atoms with Crippen LogP contribution in [0.5, 0.6) is 0 Å². The van der Waals surface area contributed by atoms with Gasteiger partial charge >= 0.3 is 0 Å². The summed E-state index contributed by atoms with van der Waals surface area (Å²) in [6, 6.07) is 5.05. The lowest BCUT2D eigenvalue weighted by atomic mass is 9.90. The second-order valence-electron chi connectivity index (χ2n) is 5.39. The lowest BCUT2D eigenvalue weighted by Crippen LogP contribution is -2.35. The van der Waals surface area contributed by atoms with Gasteiger partial charge in [-0.25, -0.2) is 0 Å². The van der Waals surface area contributed by atoms with Gasteiger partial charge in [0, 0.05) is 13.2 Å². The van der Waals surface area contributed by atoms with Gasteiger partial charge in [0.05, 0.1) is 22.3 Å². The molecule has 0 bridgehead atoms. The van der Waals surface area contributed by atoms with Crippen LogP contribution in [0.3, 0.4) is 0 Å². The first-order chi connectivity index (χ1) is 9.35. The van der Waals surface area contributed by atoms with E-state index < -0.39 is 0 Å². The molecule has 112 valence electrons. The molecule has 1 aromatic rings. The van der Waals surface area contributed by atoms with E-state index in [9.17, 15) is 4.79 Å². The molecule has 0 spiro atoms. The van der Waals surface area contributed by atoms with E-state index in [0.717, 1.165) is 0 Å². The zero-order chi connectivity index (χ0) is 15.2. The summed E-state index contributed by atoms with van der Waals surface area (Å²) in [5.41, 5.74) is 0.370. The van der Waals surface area contributed by atoms with Crippen LogP contribution in [-0.2, 0) is 4.79 Å². The van der Waals surface area contributed by atoms with Crippen molar-refractivity contribution in [3.05, 3.63) is 28.2 Å². The number of rotatable bonds is 7. The minimum absolute atomic E-state index is 0.0585. The van der Waals surface area contributed by atoms with E-state index in [0.29, 0.717) is 28.7 Å². The Morgan fingerprint density at radius 3 is 2.45 bits per heavy atom. The average Bonchev–Trinajstić information content (AvgIpc) is 2.33. The number of amides is 1. The van der Waals surface area contributed by atoms with Crippen LogP contribution >= 0.6 is 23.2 Å². The molecule has 4 nitrogen and oxygen atoms in total. The molecule has 1 aromatic carbocycles. The van der Waals surface area contributed by atoms with Gasteiger partial charge in [0.2, 0.25) is 5.91 Å². The molecule has 1 amide bonds. The summed E-state index contributed by atoms with van der Waals surface area (Å²) in [5.74, 6) is -0.209. The normalized spacial score (nSPS) is 11.4. The molecule has 0 aliphatic carbocycles. The molecule has 20 heavy (non-hydrogen) atoms. The van der Waals surface area contributed by atoms with Crippen molar-refractivity contribution in [3.8, 4) is 0 Å². The topological polar surface area (TPSA) is 61.4 Å². The monoisotopic (exact) mass is 318 g/mol. The molecule has 1 rings (SSSR count). The van der Waals surface area contributed by atoms with E-state index in [1.54, 1.807) is 18.2 Å². The van der Waals surface area contributed by atoms with Crippen LogP contribution in [0.1, 0.15) is 20.3 Å².